The summed E-state index contributed by atoms with van der Waals surface area (Å²) in [5, 5.41) is 26.5. The number of carboxylic acid groups (broad SMARTS) is 2. The molecule has 1 aromatic rings. The molecular formula is C20H25NO8. The van der Waals surface area contributed by atoms with Crippen molar-refractivity contribution in [2.24, 2.45) is 0 Å². The summed E-state index contributed by atoms with van der Waals surface area (Å²) in [6, 6.07) is 5.71. The van der Waals surface area contributed by atoms with E-state index in [-0.39, 0.29) is 12.0 Å². The molecule has 1 saturated heterocycles. The zero-order chi connectivity index (χ0) is 21.8. The number of hydrogen-bond acceptors (Lipinski definition) is 7. The summed E-state index contributed by atoms with van der Waals surface area (Å²) in [6.07, 6.45) is 1.64. The molecule has 3 rings (SSSR count). The SMILES string of the molecule is COC(=O)C12CCN(C)C(Cc3ccc(OC)cc31)C2O.O=C(O)/C=C/C(=O)O. The van der Waals surface area contributed by atoms with E-state index in [9.17, 15) is 19.5 Å². The molecule has 29 heavy (non-hydrogen) atoms. The van der Waals surface area contributed by atoms with Gasteiger partial charge in [-0.1, -0.05) is 6.07 Å². The minimum absolute atomic E-state index is 0.0567. The molecule has 0 spiro atoms. The van der Waals surface area contributed by atoms with Crippen molar-refractivity contribution < 1.29 is 39.2 Å². The molecule has 9 nitrogen and oxygen atoms in total. The van der Waals surface area contributed by atoms with Gasteiger partial charge >= 0.3 is 17.9 Å². The topological polar surface area (TPSA) is 134 Å². The van der Waals surface area contributed by atoms with Crippen molar-refractivity contribution in [1.29, 1.82) is 0 Å². The van der Waals surface area contributed by atoms with Gasteiger partial charge in [-0.05, 0) is 49.7 Å². The Labute approximate surface area is 168 Å². The number of carboxylic acids is 2. The fourth-order valence-corrected chi connectivity index (χ4v) is 3.96. The highest BCUT2D eigenvalue weighted by Gasteiger charge is 2.57. The Balaban J connectivity index is 0.000000321. The number of nitrogens with zero attached hydrogens (tertiary/aromatic N) is 1. The molecule has 2 aliphatic rings. The van der Waals surface area contributed by atoms with Crippen molar-refractivity contribution in [3.63, 3.8) is 0 Å². The van der Waals surface area contributed by atoms with E-state index in [1.54, 1.807) is 7.11 Å². The number of aliphatic hydroxyl groups excluding tert-OH is 1. The largest absolute Gasteiger partial charge is 0.497 e. The van der Waals surface area contributed by atoms with Crippen molar-refractivity contribution in [1.82, 2.24) is 4.90 Å². The van der Waals surface area contributed by atoms with Crippen LogP contribution in [0, 0.1) is 0 Å². The first kappa shape index (κ1) is 22.4. The van der Waals surface area contributed by atoms with Crippen LogP contribution in [0.1, 0.15) is 17.5 Å². The molecule has 0 saturated carbocycles. The highest BCUT2D eigenvalue weighted by molar-refractivity contribution is 5.89. The molecule has 1 aromatic carbocycles. The highest BCUT2D eigenvalue weighted by Crippen LogP contribution is 2.46. The maximum absolute atomic E-state index is 12.5. The summed E-state index contributed by atoms with van der Waals surface area (Å²) in [6.45, 7) is 0.757. The van der Waals surface area contributed by atoms with Gasteiger partial charge in [0.05, 0.1) is 20.3 Å². The first-order valence-electron chi connectivity index (χ1n) is 8.95. The van der Waals surface area contributed by atoms with Crippen LogP contribution in [0.4, 0.5) is 0 Å². The lowest BCUT2D eigenvalue weighted by Gasteiger charge is -2.51. The Bertz CT molecular complexity index is 805. The van der Waals surface area contributed by atoms with E-state index in [4.69, 9.17) is 19.7 Å². The van der Waals surface area contributed by atoms with Gasteiger partial charge in [0, 0.05) is 18.2 Å². The van der Waals surface area contributed by atoms with E-state index >= 15 is 0 Å². The molecule has 1 aliphatic carbocycles. The standard InChI is InChI=1S/C16H21NO4.C4H4O4/c1-17-7-6-16(15(19)21-3)12-9-11(20-2)5-4-10(12)8-13(17)14(16)18;5-3(6)1-2-4(7)8/h4-5,9,13-14,18H,6-8H2,1-3H3;1-2H,(H,5,6)(H,7,8)/b;2-1+. The number of fused-ring (bicyclic) bond motifs is 4. The average molecular weight is 407 g/mol. The maximum atomic E-state index is 12.5. The molecule has 1 heterocycles. The number of piperidine rings is 1. The van der Waals surface area contributed by atoms with Crippen LogP contribution in [0.2, 0.25) is 0 Å². The van der Waals surface area contributed by atoms with E-state index in [1.165, 1.54) is 7.11 Å². The molecular weight excluding hydrogens is 382 g/mol. The van der Waals surface area contributed by atoms with Gasteiger partial charge in [0.25, 0.3) is 0 Å². The summed E-state index contributed by atoms with van der Waals surface area (Å²) < 4.78 is 10.3. The lowest BCUT2D eigenvalue weighted by atomic mass is 9.62. The van der Waals surface area contributed by atoms with Gasteiger partial charge < -0.3 is 29.7 Å². The first-order valence-corrected chi connectivity index (χ1v) is 8.95. The number of aliphatic hydroxyl groups is 1. The summed E-state index contributed by atoms with van der Waals surface area (Å²) in [7, 11) is 4.97. The number of ether oxygens (including phenoxy) is 2. The quantitative estimate of drug-likeness (QED) is 0.480. The van der Waals surface area contributed by atoms with E-state index in [0.29, 0.717) is 24.3 Å². The van der Waals surface area contributed by atoms with Gasteiger partial charge in [-0.15, -0.1) is 0 Å². The second kappa shape index (κ2) is 9.06. The Hall–Kier alpha value is -2.91. The monoisotopic (exact) mass is 407 g/mol. The number of carbonyl (C=O) groups excluding carboxylic acids is 1. The maximum Gasteiger partial charge on any atom is 0.328 e. The fraction of sp³-hybridized carbons (Fsp3) is 0.450. The van der Waals surface area contributed by atoms with Crippen LogP contribution in [0.15, 0.2) is 30.4 Å². The second-order valence-corrected chi connectivity index (χ2v) is 6.94. The molecule has 1 fully saturated rings. The number of benzene rings is 1. The van der Waals surface area contributed by atoms with Crippen LogP contribution in [0.5, 0.6) is 5.75 Å². The molecule has 3 atom stereocenters. The molecule has 2 bridgehead atoms. The lowest BCUT2D eigenvalue weighted by molar-refractivity contribution is -0.161. The van der Waals surface area contributed by atoms with E-state index in [1.807, 2.05) is 25.2 Å². The van der Waals surface area contributed by atoms with E-state index in [2.05, 4.69) is 4.90 Å². The van der Waals surface area contributed by atoms with Gasteiger partial charge in [-0.25, -0.2) is 9.59 Å². The number of aliphatic carboxylic acids is 2. The molecule has 3 N–H and O–H groups in total. The van der Waals surface area contributed by atoms with Gasteiger partial charge in [0.15, 0.2) is 0 Å². The minimum atomic E-state index is -1.26. The molecule has 0 aromatic heterocycles. The third-order valence-corrected chi connectivity index (χ3v) is 5.44. The van der Waals surface area contributed by atoms with Crippen molar-refractivity contribution in [2.75, 3.05) is 27.8 Å². The number of likely N-dealkylation sites (tertiary alicyclic amines) is 1. The first-order chi connectivity index (χ1) is 13.7. The molecule has 1 aliphatic heterocycles. The van der Waals surface area contributed by atoms with E-state index < -0.39 is 23.5 Å². The predicted molar refractivity (Wildman–Crippen MR) is 102 cm³/mol. The van der Waals surface area contributed by atoms with Crippen molar-refractivity contribution in [2.45, 2.75) is 30.4 Å². The molecule has 158 valence electrons. The number of hydrogen-bond donors (Lipinski definition) is 3. The number of esters is 1. The highest BCUT2D eigenvalue weighted by atomic mass is 16.5. The normalized spacial score (nSPS) is 25.4. The predicted octanol–water partition coefficient (Wildman–Crippen LogP) is 0.439. The number of likely N-dealkylation sites (N-methyl/N-ethyl adjacent to an activating group) is 1. The Morgan fingerprint density at radius 1 is 1.17 bits per heavy atom. The molecule has 3 unspecified atom stereocenters. The molecule has 0 amide bonds. The second-order valence-electron chi connectivity index (χ2n) is 6.94. The van der Waals surface area contributed by atoms with Crippen LogP contribution in [0.3, 0.4) is 0 Å². The van der Waals surface area contributed by atoms with Crippen LogP contribution >= 0.6 is 0 Å². The van der Waals surface area contributed by atoms with Gasteiger partial charge in [0.2, 0.25) is 0 Å². The van der Waals surface area contributed by atoms with Crippen LogP contribution in [0.25, 0.3) is 0 Å². The van der Waals surface area contributed by atoms with Gasteiger partial charge in [-0.3, -0.25) is 4.79 Å². The zero-order valence-electron chi connectivity index (χ0n) is 16.5. The summed E-state index contributed by atoms with van der Waals surface area (Å²) in [5.74, 6) is -2.18. The van der Waals surface area contributed by atoms with Crippen molar-refractivity contribution in [3.05, 3.63) is 41.5 Å². The zero-order valence-corrected chi connectivity index (χ0v) is 16.5. The smallest absolute Gasteiger partial charge is 0.328 e. The Kier molecular flexibility index (Phi) is 6.99. The van der Waals surface area contributed by atoms with Crippen molar-refractivity contribution >= 4 is 17.9 Å². The summed E-state index contributed by atoms with van der Waals surface area (Å²) in [4.78, 5) is 33.8. The number of methoxy groups -OCH3 is 2. The Morgan fingerprint density at radius 2 is 1.79 bits per heavy atom. The fourth-order valence-electron chi connectivity index (χ4n) is 3.96. The van der Waals surface area contributed by atoms with E-state index in [0.717, 1.165) is 24.1 Å². The van der Waals surface area contributed by atoms with Crippen LogP contribution < -0.4 is 4.74 Å². The lowest BCUT2D eigenvalue weighted by Crippen LogP contribution is -2.65. The third kappa shape index (κ3) is 4.41. The Morgan fingerprint density at radius 3 is 2.31 bits per heavy atom. The third-order valence-electron chi connectivity index (χ3n) is 5.44. The number of carbonyl (C=O) groups is 3. The average Bonchev–Trinajstić information content (AvgIpc) is 2.69. The molecule has 0 radical (unpaired) electrons. The van der Waals surface area contributed by atoms with Crippen LogP contribution in [-0.2, 0) is 31.0 Å². The summed E-state index contributed by atoms with van der Waals surface area (Å²) >= 11 is 0. The summed E-state index contributed by atoms with van der Waals surface area (Å²) in [5.41, 5.74) is 0.960. The van der Waals surface area contributed by atoms with Crippen LogP contribution in [-0.4, -0.2) is 78.1 Å². The van der Waals surface area contributed by atoms with Gasteiger partial charge in [-0.2, -0.15) is 0 Å². The van der Waals surface area contributed by atoms with Gasteiger partial charge in [0.1, 0.15) is 11.2 Å². The molecule has 9 heteroatoms. The minimum Gasteiger partial charge on any atom is -0.497 e. The number of rotatable bonds is 4. The van der Waals surface area contributed by atoms with Crippen molar-refractivity contribution in [3.8, 4) is 5.75 Å².